The quantitative estimate of drug-likeness (QED) is 0.462. The number of imidazole rings is 1. The van der Waals surface area contributed by atoms with E-state index in [4.69, 9.17) is 14.8 Å². The molecule has 0 aliphatic carbocycles. The van der Waals surface area contributed by atoms with Gasteiger partial charge in [0.25, 0.3) is 5.89 Å². The molecule has 1 atom stereocenters. The summed E-state index contributed by atoms with van der Waals surface area (Å²) < 4.78 is 12.1. The van der Waals surface area contributed by atoms with E-state index in [1.54, 1.807) is 49.3 Å². The fourth-order valence-corrected chi connectivity index (χ4v) is 3.13. The SMILES string of the molecule is Cc1noc(C)c1-c1nc(Cn2cnc(C(Cc3ccc(N)nc3)C(=O)O)c2)no1. The van der Waals surface area contributed by atoms with E-state index in [0.717, 1.165) is 5.56 Å². The Morgan fingerprint density at radius 1 is 1.23 bits per heavy atom. The van der Waals surface area contributed by atoms with Gasteiger partial charge < -0.3 is 24.5 Å². The molecule has 0 amide bonds. The van der Waals surface area contributed by atoms with E-state index < -0.39 is 11.9 Å². The van der Waals surface area contributed by atoms with Crippen LogP contribution in [0.15, 0.2) is 39.9 Å². The van der Waals surface area contributed by atoms with Crippen LogP contribution in [0, 0.1) is 13.8 Å². The Bertz CT molecular complexity index is 1160. The number of hydrogen-bond donors (Lipinski definition) is 2. The summed E-state index contributed by atoms with van der Waals surface area (Å²) in [4.78, 5) is 24.4. The molecular formula is C19H19N7O4. The first-order valence-electron chi connectivity index (χ1n) is 9.11. The Morgan fingerprint density at radius 3 is 2.73 bits per heavy atom. The number of nitrogen functional groups attached to an aromatic ring is 1. The first-order valence-corrected chi connectivity index (χ1v) is 9.11. The lowest BCUT2D eigenvalue weighted by molar-refractivity contribution is -0.138. The summed E-state index contributed by atoms with van der Waals surface area (Å²) in [6, 6.07) is 3.39. The number of aromatic nitrogens is 6. The van der Waals surface area contributed by atoms with Crippen molar-refractivity contribution in [1.29, 1.82) is 0 Å². The van der Waals surface area contributed by atoms with Crippen molar-refractivity contribution in [2.75, 3.05) is 5.73 Å². The van der Waals surface area contributed by atoms with Gasteiger partial charge in [-0.15, -0.1) is 0 Å². The van der Waals surface area contributed by atoms with Crippen LogP contribution in [-0.4, -0.2) is 40.9 Å². The molecule has 4 rings (SSSR count). The number of hydrogen-bond acceptors (Lipinski definition) is 9. The number of nitrogens with two attached hydrogens (primary N) is 1. The number of carboxylic acid groups (broad SMARTS) is 1. The lowest BCUT2D eigenvalue weighted by atomic mass is 9.98. The predicted molar refractivity (Wildman–Crippen MR) is 103 cm³/mol. The average Bonchev–Trinajstić information content (AvgIpc) is 3.43. The summed E-state index contributed by atoms with van der Waals surface area (Å²) in [6.45, 7) is 3.83. The van der Waals surface area contributed by atoms with E-state index in [1.165, 1.54) is 0 Å². The van der Waals surface area contributed by atoms with Gasteiger partial charge in [0.05, 0.1) is 24.3 Å². The largest absolute Gasteiger partial charge is 0.481 e. The van der Waals surface area contributed by atoms with Gasteiger partial charge in [-0.1, -0.05) is 16.4 Å². The van der Waals surface area contributed by atoms with Crippen molar-refractivity contribution in [2.45, 2.75) is 32.7 Å². The molecule has 0 fully saturated rings. The zero-order chi connectivity index (χ0) is 21.3. The van der Waals surface area contributed by atoms with Gasteiger partial charge in [0.15, 0.2) is 5.82 Å². The molecule has 11 heteroatoms. The average molecular weight is 409 g/mol. The van der Waals surface area contributed by atoms with E-state index in [0.29, 0.717) is 40.2 Å². The van der Waals surface area contributed by atoms with Gasteiger partial charge in [0.2, 0.25) is 0 Å². The van der Waals surface area contributed by atoms with E-state index in [-0.39, 0.29) is 13.0 Å². The molecule has 11 nitrogen and oxygen atoms in total. The zero-order valence-electron chi connectivity index (χ0n) is 16.3. The molecule has 0 aliphatic rings. The monoisotopic (exact) mass is 409 g/mol. The van der Waals surface area contributed by atoms with Crippen LogP contribution in [0.4, 0.5) is 5.82 Å². The fraction of sp³-hybridized carbons (Fsp3) is 0.263. The number of carbonyl (C=O) groups is 1. The van der Waals surface area contributed by atoms with Crippen LogP contribution >= 0.6 is 0 Å². The van der Waals surface area contributed by atoms with E-state index in [9.17, 15) is 9.90 Å². The topological polar surface area (TPSA) is 159 Å². The van der Waals surface area contributed by atoms with Crippen LogP contribution in [0.25, 0.3) is 11.5 Å². The predicted octanol–water partition coefficient (Wildman–Crippen LogP) is 1.97. The lowest BCUT2D eigenvalue weighted by Gasteiger charge is -2.09. The van der Waals surface area contributed by atoms with Crippen LogP contribution in [-0.2, 0) is 17.8 Å². The molecule has 0 bridgehead atoms. The van der Waals surface area contributed by atoms with Crippen LogP contribution in [0.3, 0.4) is 0 Å². The van der Waals surface area contributed by atoms with Crippen molar-refractivity contribution in [3.63, 3.8) is 0 Å². The maximum absolute atomic E-state index is 11.8. The number of aliphatic carboxylic acids is 1. The Kier molecular flexibility index (Phi) is 5.00. The number of rotatable bonds is 7. The molecule has 30 heavy (non-hydrogen) atoms. The molecule has 0 spiro atoms. The van der Waals surface area contributed by atoms with E-state index in [1.807, 2.05) is 0 Å². The summed E-state index contributed by atoms with van der Waals surface area (Å²) >= 11 is 0. The van der Waals surface area contributed by atoms with Gasteiger partial charge >= 0.3 is 5.97 Å². The standard InChI is InChI=1S/C19H19N7O4/c1-10-17(11(2)29-24-10)18-23-16(25-30-18)8-26-7-14(22-9-26)13(19(27)28)5-12-3-4-15(20)21-6-12/h3-4,6-7,9,13H,5,8H2,1-2H3,(H2,20,21)(H,27,28). The van der Waals surface area contributed by atoms with Crippen LogP contribution < -0.4 is 5.73 Å². The van der Waals surface area contributed by atoms with Crippen molar-refractivity contribution < 1.29 is 18.9 Å². The second kappa shape index (κ2) is 7.78. The second-order valence-electron chi connectivity index (χ2n) is 6.87. The summed E-state index contributed by atoms with van der Waals surface area (Å²) in [5, 5.41) is 17.5. The first kappa shape index (κ1) is 19.3. The highest BCUT2D eigenvalue weighted by molar-refractivity contribution is 5.75. The van der Waals surface area contributed by atoms with Gasteiger partial charge in [-0.25, -0.2) is 9.97 Å². The highest BCUT2D eigenvalue weighted by atomic mass is 16.5. The summed E-state index contributed by atoms with van der Waals surface area (Å²) in [5.41, 5.74) is 8.10. The van der Waals surface area contributed by atoms with E-state index in [2.05, 4.69) is 25.3 Å². The Morgan fingerprint density at radius 2 is 2.07 bits per heavy atom. The number of nitrogens with zero attached hydrogens (tertiary/aromatic N) is 6. The summed E-state index contributed by atoms with van der Waals surface area (Å²) in [6.07, 6.45) is 5.02. The molecule has 4 aromatic heterocycles. The molecule has 0 saturated heterocycles. The van der Waals surface area contributed by atoms with Gasteiger partial charge in [-0.2, -0.15) is 4.98 Å². The van der Waals surface area contributed by atoms with Crippen LogP contribution in [0.5, 0.6) is 0 Å². The minimum atomic E-state index is -0.975. The molecular weight excluding hydrogens is 390 g/mol. The maximum atomic E-state index is 11.8. The van der Waals surface area contributed by atoms with Crippen molar-refractivity contribution in [1.82, 2.24) is 29.8 Å². The maximum Gasteiger partial charge on any atom is 0.312 e. The normalized spacial score (nSPS) is 12.2. The number of anilines is 1. The number of pyridine rings is 1. The van der Waals surface area contributed by atoms with Crippen LogP contribution in [0.2, 0.25) is 0 Å². The lowest BCUT2D eigenvalue weighted by Crippen LogP contribution is -2.15. The molecule has 4 aromatic rings. The summed E-state index contributed by atoms with van der Waals surface area (Å²) in [7, 11) is 0. The Hall–Kier alpha value is -4.02. The molecule has 0 aliphatic heterocycles. The molecule has 4 heterocycles. The Labute approximate surface area is 170 Å². The third-order valence-corrected chi connectivity index (χ3v) is 4.64. The number of aryl methyl sites for hydroxylation is 2. The minimum absolute atomic E-state index is 0.248. The first-order chi connectivity index (χ1) is 14.4. The van der Waals surface area contributed by atoms with Crippen molar-refractivity contribution in [3.8, 4) is 11.5 Å². The second-order valence-corrected chi connectivity index (χ2v) is 6.87. The molecule has 1 unspecified atom stereocenters. The molecule has 0 aromatic carbocycles. The van der Waals surface area contributed by atoms with Crippen LogP contribution in [0.1, 0.15) is 34.5 Å². The molecule has 3 N–H and O–H groups in total. The third kappa shape index (κ3) is 3.90. The third-order valence-electron chi connectivity index (χ3n) is 4.64. The smallest absolute Gasteiger partial charge is 0.312 e. The molecule has 0 radical (unpaired) electrons. The van der Waals surface area contributed by atoms with E-state index >= 15 is 0 Å². The highest BCUT2D eigenvalue weighted by Gasteiger charge is 2.24. The molecule has 154 valence electrons. The highest BCUT2D eigenvalue weighted by Crippen LogP contribution is 2.25. The van der Waals surface area contributed by atoms with Gasteiger partial charge in [-0.05, 0) is 31.9 Å². The van der Waals surface area contributed by atoms with Crippen molar-refractivity contribution in [2.24, 2.45) is 0 Å². The van der Waals surface area contributed by atoms with Gasteiger partial charge in [-0.3, -0.25) is 4.79 Å². The summed E-state index contributed by atoms with van der Waals surface area (Å²) in [5.74, 6) is -0.0819. The molecule has 0 saturated carbocycles. The Balaban J connectivity index is 1.50. The van der Waals surface area contributed by atoms with Crippen molar-refractivity contribution >= 4 is 11.8 Å². The van der Waals surface area contributed by atoms with Gasteiger partial charge in [0, 0.05) is 12.4 Å². The number of carboxylic acids is 1. The zero-order valence-corrected chi connectivity index (χ0v) is 16.3. The fourth-order valence-electron chi connectivity index (χ4n) is 3.13. The van der Waals surface area contributed by atoms with Crippen molar-refractivity contribution in [3.05, 3.63) is 59.4 Å². The minimum Gasteiger partial charge on any atom is -0.481 e. The van der Waals surface area contributed by atoms with Gasteiger partial charge in [0.1, 0.15) is 23.1 Å².